The number of carbonyl (C=O) groups excluding carboxylic acids is 1. The molecule has 1 aromatic carbocycles. The van der Waals surface area contributed by atoms with E-state index >= 15 is 0 Å². The van der Waals surface area contributed by atoms with Crippen LogP contribution in [0.15, 0.2) is 18.2 Å². The summed E-state index contributed by atoms with van der Waals surface area (Å²) in [4.78, 5) is 15.2. The second-order valence-corrected chi connectivity index (χ2v) is 4.06. The molecule has 1 rings (SSSR count). The van der Waals surface area contributed by atoms with E-state index in [2.05, 4.69) is 6.07 Å². The molecule has 5 heteroatoms. The van der Waals surface area contributed by atoms with Gasteiger partial charge in [-0.2, -0.15) is 0 Å². The van der Waals surface area contributed by atoms with Crippen molar-refractivity contribution in [2.45, 2.75) is 0 Å². The van der Waals surface area contributed by atoms with Gasteiger partial charge in [-0.3, -0.25) is 0 Å². The summed E-state index contributed by atoms with van der Waals surface area (Å²) in [6, 6.07) is 7.81. The second-order valence-electron chi connectivity index (χ2n) is 4.06. The Morgan fingerprint density at radius 2 is 2.06 bits per heavy atom. The van der Waals surface area contributed by atoms with Crippen LogP contribution in [0.1, 0.15) is 0 Å². The molecule has 17 heavy (non-hydrogen) atoms. The Hall–Kier alpha value is -1.75. The molecule has 0 heterocycles. The molecule has 0 spiro atoms. The minimum absolute atomic E-state index is 0.340. The fraction of sp³-hybridized carbons (Fsp3) is 0.417. The van der Waals surface area contributed by atoms with E-state index in [1.807, 2.05) is 19.0 Å². The molecule has 0 saturated carbocycles. The lowest BCUT2D eigenvalue weighted by molar-refractivity contribution is 0.159. The van der Waals surface area contributed by atoms with Crippen molar-refractivity contribution in [3.63, 3.8) is 0 Å². The Morgan fingerprint density at radius 3 is 2.65 bits per heavy atom. The molecule has 0 aliphatic rings. The average molecular weight is 236 g/mol. The van der Waals surface area contributed by atoms with Crippen molar-refractivity contribution < 1.29 is 9.53 Å². The van der Waals surface area contributed by atoms with E-state index in [1.54, 1.807) is 25.2 Å². The maximum absolute atomic E-state index is 11.7. The van der Waals surface area contributed by atoms with Crippen molar-refractivity contribution in [2.75, 3.05) is 40.0 Å². The van der Waals surface area contributed by atoms with Crippen LogP contribution in [0.4, 0.5) is 10.5 Å². The van der Waals surface area contributed by atoms with Gasteiger partial charge in [-0.1, -0.05) is 6.07 Å². The predicted octanol–water partition coefficient (Wildman–Crippen LogP) is 1.06. The molecule has 0 saturated heterocycles. The zero-order valence-corrected chi connectivity index (χ0v) is 10.4. The number of hydrogen-bond donors (Lipinski definition) is 1. The molecule has 0 fully saturated rings. The maximum atomic E-state index is 11.7. The number of anilines is 1. The number of rotatable bonds is 4. The Kier molecular flexibility index (Phi) is 4.78. The van der Waals surface area contributed by atoms with Gasteiger partial charge in [-0.05, 0) is 26.2 Å². The van der Waals surface area contributed by atoms with Crippen molar-refractivity contribution in [3.05, 3.63) is 24.3 Å². The van der Waals surface area contributed by atoms with Crippen molar-refractivity contribution in [1.29, 1.82) is 0 Å². The van der Waals surface area contributed by atoms with Crippen LogP contribution in [0.5, 0.6) is 5.75 Å². The fourth-order valence-corrected chi connectivity index (χ4v) is 1.14. The van der Waals surface area contributed by atoms with Crippen LogP contribution in [0, 0.1) is 6.07 Å². The summed E-state index contributed by atoms with van der Waals surface area (Å²) < 4.78 is 5.12. The highest BCUT2D eigenvalue weighted by atomic mass is 16.6. The van der Waals surface area contributed by atoms with Gasteiger partial charge < -0.3 is 20.3 Å². The topological polar surface area (TPSA) is 58.8 Å². The number of benzene rings is 1. The molecule has 2 N–H and O–H groups in total. The number of hydrogen-bond acceptors (Lipinski definition) is 4. The first-order chi connectivity index (χ1) is 7.99. The molecule has 1 aromatic rings. The molecule has 0 atom stereocenters. The summed E-state index contributed by atoms with van der Waals surface area (Å²) in [6.07, 6.45) is -0.409. The largest absolute Gasteiger partial charge is 0.415 e. The molecule has 5 nitrogen and oxygen atoms in total. The molecule has 93 valence electrons. The minimum Gasteiger partial charge on any atom is -0.409 e. The molecular formula is C12H18N3O2. The predicted molar refractivity (Wildman–Crippen MR) is 66.9 cm³/mol. The summed E-state index contributed by atoms with van der Waals surface area (Å²) in [5.74, 6) is 0.340. The Labute approximate surface area is 102 Å². The number of carbonyl (C=O) groups is 1. The molecule has 1 radical (unpaired) electrons. The first-order valence-electron chi connectivity index (χ1n) is 5.34. The monoisotopic (exact) mass is 236 g/mol. The third-order valence-electron chi connectivity index (χ3n) is 2.18. The number of ether oxygens (including phenoxy) is 1. The van der Waals surface area contributed by atoms with E-state index < -0.39 is 6.09 Å². The third-order valence-corrected chi connectivity index (χ3v) is 2.18. The summed E-state index contributed by atoms with van der Waals surface area (Å²) >= 11 is 0. The highest BCUT2D eigenvalue weighted by Crippen LogP contribution is 2.14. The SMILES string of the molecule is CN(C)CCN(C)C(=O)Oc1[c]c(N)ccc1. The maximum Gasteiger partial charge on any atom is 0.415 e. The zero-order chi connectivity index (χ0) is 12.8. The fourth-order valence-electron chi connectivity index (χ4n) is 1.14. The smallest absolute Gasteiger partial charge is 0.409 e. The van der Waals surface area contributed by atoms with Crippen LogP contribution in [0.25, 0.3) is 0 Å². The number of likely N-dealkylation sites (N-methyl/N-ethyl adjacent to an activating group) is 2. The van der Waals surface area contributed by atoms with E-state index in [9.17, 15) is 4.79 Å². The highest BCUT2D eigenvalue weighted by Gasteiger charge is 2.11. The van der Waals surface area contributed by atoms with Gasteiger partial charge in [0.05, 0.1) is 6.07 Å². The lowest BCUT2D eigenvalue weighted by Gasteiger charge is -2.19. The molecule has 0 aromatic heterocycles. The highest BCUT2D eigenvalue weighted by molar-refractivity contribution is 5.70. The zero-order valence-electron chi connectivity index (χ0n) is 10.4. The molecule has 0 unspecified atom stereocenters. The Balaban J connectivity index is 2.48. The third kappa shape index (κ3) is 4.74. The summed E-state index contributed by atoms with van der Waals surface area (Å²) in [6.45, 7) is 1.39. The van der Waals surface area contributed by atoms with Crippen LogP contribution in [-0.4, -0.2) is 50.1 Å². The van der Waals surface area contributed by atoms with Crippen molar-refractivity contribution in [2.24, 2.45) is 0 Å². The number of nitrogen functional groups attached to an aromatic ring is 1. The van der Waals surface area contributed by atoms with Gasteiger partial charge >= 0.3 is 6.09 Å². The molecule has 0 aliphatic carbocycles. The van der Waals surface area contributed by atoms with Gasteiger partial charge in [-0.25, -0.2) is 4.79 Å². The Morgan fingerprint density at radius 1 is 1.35 bits per heavy atom. The first-order valence-corrected chi connectivity index (χ1v) is 5.34. The summed E-state index contributed by atoms with van der Waals surface area (Å²) in [7, 11) is 5.59. The summed E-state index contributed by atoms with van der Waals surface area (Å²) in [5, 5.41) is 0. The van der Waals surface area contributed by atoms with Crippen LogP contribution in [-0.2, 0) is 0 Å². The van der Waals surface area contributed by atoms with Crippen molar-refractivity contribution in [1.82, 2.24) is 9.80 Å². The van der Waals surface area contributed by atoms with Gasteiger partial charge in [0.25, 0.3) is 0 Å². The van der Waals surface area contributed by atoms with Crippen LogP contribution >= 0.6 is 0 Å². The number of nitrogens with two attached hydrogens (primary N) is 1. The van der Waals surface area contributed by atoms with Gasteiger partial charge in [0.1, 0.15) is 5.75 Å². The number of amides is 1. The van der Waals surface area contributed by atoms with Gasteiger partial charge in [-0.15, -0.1) is 0 Å². The van der Waals surface area contributed by atoms with Crippen molar-refractivity contribution >= 4 is 11.8 Å². The van der Waals surface area contributed by atoms with Crippen LogP contribution in [0.2, 0.25) is 0 Å². The lowest BCUT2D eigenvalue weighted by Crippen LogP contribution is -2.35. The second kappa shape index (κ2) is 6.10. The van der Waals surface area contributed by atoms with Crippen molar-refractivity contribution in [3.8, 4) is 5.75 Å². The van der Waals surface area contributed by atoms with Gasteiger partial charge in [0.15, 0.2) is 0 Å². The summed E-state index contributed by atoms with van der Waals surface area (Å²) in [5.41, 5.74) is 5.99. The van der Waals surface area contributed by atoms with Crippen LogP contribution < -0.4 is 10.5 Å². The van der Waals surface area contributed by atoms with E-state index in [0.717, 1.165) is 6.54 Å². The van der Waals surface area contributed by atoms with E-state index in [4.69, 9.17) is 10.5 Å². The average Bonchev–Trinajstić information content (AvgIpc) is 2.25. The normalized spacial score (nSPS) is 10.4. The van der Waals surface area contributed by atoms with Crippen LogP contribution in [0.3, 0.4) is 0 Å². The first kappa shape index (κ1) is 13.3. The quantitative estimate of drug-likeness (QED) is 0.794. The molecule has 0 bridgehead atoms. The molecule has 1 amide bonds. The lowest BCUT2D eigenvalue weighted by atomic mass is 10.3. The standard InChI is InChI=1S/C12H18N3O2/c1-14(2)7-8-15(3)12(16)17-11-6-4-5-10(13)9-11/h4-6H,7-8,13H2,1-3H3. The van der Waals surface area contributed by atoms with Gasteiger partial charge in [0, 0.05) is 25.8 Å². The van der Waals surface area contributed by atoms with E-state index in [0.29, 0.717) is 18.0 Å². The number of nitrogens with zero attached hydrogens (tertiary/aromatic N) is 2. The van der Waals surface area contributed by atoms with E-state index in [1.165, 1.54) is 4.90 Å². The van der Waals surface area contributed by atoms with E-state index in [-0.39, 0.29) is 0 Å². The van der Waals surface area contributed by atoms with Gasteiger partial charge in [0.2, 0.25) is 0 Å². The molecule has 0 aliphatic heterocycles. The molecular weight excluding hydrogens is 218 g/mol. The Bertz CT molecular complexity index is 380. The minimum atomic E-state index is -0.409.